The molecule has 0 amide bonds. The molecule has 0 bridgehead atoms. The van der Waals surface area contributed by atoms with Crippen molar-refractivity contribution in [2.75, 3.05) is 6.61 Å². The van der Waals surface area contributed by atoms with Gasteiger partial charge in [0.05, 0.1) is 18.3 Å². The number of ether oxygens (including phenoxy) is 1. The van der Waals surface area contributed by atoms with Crippen LogP contribution in [0.25, 0.3) is 0 Å². The monoisotopic (exact) mass is 320 g/mol. The highest BCUT2D eigenvalue weighted by Crippen LogP contribution is 2.39. The standard InChI is InChI=1S/C22H24O2/c1-2-3-5-14-21-22-18(16-24-21)15-20(23)19(22)13-9-8-12-17-10-6-4-7-11-17/h2,4,6-7,10-11,18,21H,1,3,5,8,12,14-16H2/t18-,21+/m0/s1. The van der Waals surface area contributed by atoms with E-state index in [9.17, 15) is 4.79 Å². The predicted octanol–water partition coefficient (Wildman–Crippen LogP) is 4.26. The zero-order valence-corrected chi connectivity index (χ0v) is 14.1. The van der Waals surface area contributed by atoms with Gasteiger partial charge in [-0.2, -0.15) is 0 Å². The van der Waals surface area contributed by atoms with Gasteiger partial charge in [-0.3, -0.25) is 4.79 Å². The van der Waals surface area contributed by atoms with Crippen molar-refractivity contribution in [2.24, 2.45) is 5.92 Å². The molecule has 0 saturated carbocycles. The van der Waals surface area contributed by atoms with Crippen LogP contribution in [-0.4, -0.2) is 18.5 Å². The minimum Gasteiger partial charge on any atom is -0.373 e. The second-order valence-electron chi connectivity index (χ2n) is 6.48. The van der Waals surface area contributed by atoms with Crippen molar-refractivity contribution in [3.8, 4) is 11.8 Å². The molecule has 0 N–H and O–H groups in total. The molecule has 1 aromatic rings. The van der Waals surface area contributed by atoms with Gasteiger partial charge in [-0.05, 0) is 36.8 Å². The molecule has 1 aliphatic heterocycles. The summed E-state index contributed by atoms with van der Waals surface area (Å²) in [5, 5.41) is 0. The van der Waals surface area contributed by atoms with E-state index in [1.165, 1.54) is 11.1 Å². The molecule has 2 aliphatic rings. The van der Waals surface area contributed by atoms with Crippen LogP contribution in [0.5, 0.6) is 0 Å². The molecular weight excluding hydrogens is 296 g/mol. The summed E-state index contributed by atoms with van der Waals surface area (Å²) in [7, 11) is 0. The van der Waals surface area contributed by atoms with Crippen LogP contribution in [-0.2, 0) is 16.0 Å². The number of benzene rings is 1. The van der Waals surface area contributed by atoms with Crippen LogP contribution >= 0.6 is 0 Å². The van der Waals surface area contributed by atoms with Crippen molar-refractivity contribution in [2.45, 2.75) is 44.6 Å². The van der Waals surface area contributed by atoms with Crippen LogP contribution in [0.15, 0.2) is 54.1 Å². The second-order valence-corrected chi connectivity index (χ2v) is 6.48. The Bertz CT molecular complexity index is 688. The van der Waals surface area contributed by atoms with E-state index in [1.807, 2.05) is 24.3 Å². The van der Waals surface area contributed by atoms with Crippen molar-refractivity contribution < 1.29 is 9.53 Å². The van der Waals surface area contributed by atoms with E-state index in [4.69, 9.17) is 4.74 Å². The van der Waals surface area contributed by atoms with E-state index in [-0.39, 0.29) is 17.8 Å². The Morgan fingerprint density at radius 3 is 2.92 bits per heavy atom. The number of ketones is 1. The average molecular weight is 320 g/mol. The van der Waals surface area contributed by atoms with E-state index in [1.54, 1.807) is 0 Å². The molecule has 2 atom stereocenters. The predicted molar refractivity (Wildman–Crippen MR) is 96.5 cm³/mol. The van der Waals surface area contributed by atoms with Gasteiger partial charge >= 0.3 is 0 Å². The van der Waals surface area contributed by atoms with Crippen molar-refractivity contribution in [1.82, 2.24) is 0 Å². The molecule has 0 unspecified atom stereocenters. The first-order chi connectivity index (χ1) is 11.8. The molecule has 3 rings (SSSR count). The number of Topliss-reactive ketones (excluding diaryl/α,β-unsaturated/α-hetero) is 1. The molecule has 2 heteroatoms. The van der Waals surface area contributed by atoms with Gasteiger partial charge in [0.25, 0.3) is 0 Å². The van der Waals surface area contributed by atoms with Crippen molar-refractivity contribution >= 4 is 5.78 Å². The number of allylic oxidation sites excluding steroid dienone is 2. The summed E-state index contributed by atoms with van der Waals surface area (Å²) in [6.07, 6.45) is 7.30. The SMILES string of the molecule is C=CCCC[C@H]1OC[C@@H]2CC(=O)C(C#CCCc3ccccc3)=C21. The summed E-state index contributed by atoms with van der Waals surface area (Å²) in [6, 6.07) is 10.3. The van der Waals surface area contributed by atoms with Crippen LogP contribution < -0.4 is 0 Å². The highest BCUT2D eigenvalue weighted by Gasteiger charge is 2.40. The molecule has 124 valence electrons. The first-order valence-corrected chi connectivity index (χ1v) is 8.82. The third-order valence-electron chi connectivity index (χ3n) is 4.75. The van der Waals surface area contributed by atoms with Crippen molar-refractivity contribution in [3.05, 3.63) is 59.7 Å². The molecule has 1 fully saturated rings. The zero-order valence-electron chi connectivity index (χ0n) is 14.1. The number of carbonyl (C=O) groups excluding carboxylic acids is 1. The Labute approximate surface area is 144 Å². The maximum atomic E-state index is 12.3. The molecular formula is C22H24O2. The van der Waals surface area contributed by atoms with Gasteiger partial charge in [-0.25, -0.2) is 0 Å². The largest absolute Gasteiger partial charge is 0.373 e. The number of carbonyl (C=O) groups is 1. The number of fused-ring (bicyclic) bond motifs is 1. The molecule has 1 saturated heterocycles. The maximum absolute atomic E-state index is 12.3. The lowest BCUT2D eigenvalue weighted by atomic mass is 9.96. The quantitative estimate of drug-likeness (QED) is 0.445. The van der Waals surface area contributed by atoms with Gasteiger partial charge in [0.1, 0.15) is 0 Å². The van der Waals surface area contributed by atoms with Gasteiger partial charge in [0.2, 0.25) is 0 Å². The number of hydrogen-bond acceptors (Lipinski definition) is 2. The van der Waals surface area contributed by atoms with E-state index >= 15 is 0 Å². The lowest BCUT2D eigenvalue weighted by Crippen LogP contribution is -2.10. The Morgan fingerprint density at radius 2 is 2.12 bits per heavy atom. The molecule has 24 heavy (non-hydrogen) atoms. The zero-order chi connectivity index (χ0) is 16.8. The van der Waals surface area contributed by atoms with E-state index in [0.29, 0.717) is 13.0 Å². The smallest absolute Gasteiger partial charge is 0.171 e. The van der Waals surface area contributed by atoms with Crippen LogP contribution in [0.2, 0.25) is 0 Å². The minimum absolute atomic E-state index is 0.0832. The molecule has 1 aliphatic carbocycles. The van der Waals surface area contributed by atoms with Gasteiger partial charge in [-0.15, -0.1) is 6.58 Å². The lowest BCUT2D eigenvalue weighted by Gasteiger charge is -2.11. The summed E-state index contributed by atoms with van der Waals surface area (Å²) in [5.74, 6) is 6.86. The highest BCUT2D eigenvalue weighted by molar-refractivity contribution is 6.03. The summed E-state index contributed by atoms with van der Waals surface area (Å²) < 4.78 is 5.91. The topological polar surface area (TPSA) is 26.3 Å². The molecule has 2 nitrogen and oxygen atoms in total. The van der Waals surface area contributed by atoms with E-state index in [2.05, 4.69) is 30.6 Å². The fourth-order valence-electron chi connectivity index (χ4n) is 3.53. The van der Waals surface area contributed by atoms with Gasteiger partial charge in [0.15, 0.2) is 5.78 Å². The summed E-state index contributed by atoms with van der Waals surface area (Å²) in [6.45, 7) is 4.44. The maximum Gasteiger partial charge on any atom is 0.171 e. The highest BCUT2D eigenvalue weighted by atomic mass is 16.5. The van der Waals surface area contributed by atoms with Gasteiger partial charge < -0.3 is 4.74 Å². The van der Waals surface area contributed by atoms with Crippen LogP contribution in [0.4, 0.5) is 0 Å². The number of aryl methyl sites for hydroxylation is 1. The molecule has 0 spiro atoms. The normalized spacial score (nSPS) is 22.2. The van der Waals surface area contributed by atoms with Crippen LogP contribution in [0.3, 0.4) is 0 Å². The van der Waals surface area contributed by atoms with E-state index < -0.39 is 0 Å². The molecule has 1 aromatic carbocycles. The fourth-order valence-corrected chi connectivity index (χ4v) is 3.53. The van der Waals surface area contributed by atoms with Crippen molar-refractivity contribution in [3.63, 3.8) is 0 Å². The van der Waals surface area contributed by atoms with E-state index in [0.717, 1.165) is 37.7 Å². The third-order valence-corrected chi connectivity index (χ3v) is 4.75. The molecule has 0 aromatic heterocycles. The Kier molecular flexibility index (Phi) is 5.67. The van der Waals surface area contributed by atoms with Gasteiger partial charge in [0, 0.05) is 18.8 Å². The van der Waals surface area contributed by atoms with Crippen molar-refractivity contribution in [1.29, 1.82) is 0 Å². The average Bonchev–Trinajstić information content (AvgIpc) is 3.12. The number of rotatable bonds is 6. The summed E-state index contributed by atoms with van der Waals surface area (Å²) in [5.41, 5.74) is 3.21. The second kappa shape index (κ2) is 8.13. The Balaban J connectivity index is 1.66. The first-order valence-electron chi connectivity index (χ1n) is 8.82. The van der Waals surface area contributed by atoms with Crippen LogP contribution in [0, 0.1) is 17.8 Å². The Morgan fingerprint density at radius 1 is 1.29 bits per heavy atom. The fraction of sp³-hybridized carbons (Fsp3) is 0.409. The summed E-state index contributed by atoms with van der Waals surface area (Å²) >= 11 is 0. The molecule has 1 heterocycles. The minimum atomic E-state index is 0.0832. The number of unbranched alkanes of at least 4 members (excludes halogenated alkanes) is 1. The molecule has 0 radical (unpaired) electrons. The van der Waals surface area contributed by atoms with Gasteiger partial charge in [-0.1, -0.05) is 48.2 Å². The van der Waals surface area contributed by atoms with Crippen LogP contribution in [0.1, 0.15) is 37.7 Å². The lowest BCUT2D eigenvalue weighted by molar-refractivity contribution is -0.115. The summed E-state index contributed by atoms with van der Waals surface area (Å²) in [4.78, 5) is 12.3. The third kappa shape index (κ3) is 3.86. The first kappa shape index (κ1) is 16.7. The Hall–Kier alpha value is -2.11. The number of hydrogen-bond donors (Lipinski definition) is 0.